The number of esters is 1. The van der Waals surface area contributed by atoms with Gasteiger partial charge in [0.1, 0.15) is 6.56 Å². The van der Waals surface area contributed by atoms with E-state index in [1.165, 1.54) is 6.07 Å². The van der Waals surface area contributed by atoms with Crippen molar-refractivity contribution in [1.82, 2.24) is 0 Å². The van der Waals surface area contributed by atoms with E-state index in [9.17, 15) is 9.59 Å². The highest BCUT2D eigenvalue weighted by atomic mass is 16.5. The molecule has 0 aliphatic carbocycles. The molecule has 34 heavy (non-hydrogen) atoms. The molecule has 0 radical (unpaired) electrons. The van der Waals surface area contributed by atoms with Crippen LogP contribution >= 0.6 is 0 Å². The van der Waals surface area contributed by atoms with Crippen molar-refractivity contribution in [3.8, 4) is 0 Å². The molecule has 4 rings (SSSR count). The summed E-state index contributed by atoms with van der Waals surface area (Å²) in [5.41, 5.74) is 3.79. The SMILES string of the molecule is [2H]c1cccc2cc(NC(=O)[C@]([2H])(c3ccc(C([2H])([2H])OC(=O)c4ccc(C([2H])([2H])[2H])cc4C([2H])([2H])[2H])cc3)C([2H])([2H])N)ccc12. The molecule has 0 saturated heterocycles. The van der Waals surface area contributed by atoms with E-state index in [0.717, 1.165) is 42.5 Å². The molecule has 5 heteroatoms. The highest BCUT2D eigenvalue weighted by Crippen LogP contribution is 2.22. The monoisotopic (exact) mass is 464 g/mol. The van der Waals surface area contributed by atoms with Crippen LogP contribution in [-0.2, 0) is 16.1 Å². The average molecular weight is 465 g/mol. The maximum absolute atomic E-state index is 13.4. The van der Waals surface area contributed by atoms with Crippen molar-refractivity contribution in [3.63, 3.8) is 0 Å². The van der Waals surface area contributed by atoms with Crippen LogP contribution in [0, 0.1) is 13.7 Å². The third-order valence-corrected chi connectivity index (χ3v) is 4.97. The Morgan fingerprint density at radius 2 is 1.91 bits per heavy atom. The predicted octanol–water partition coefficient (Wildman–Crippen LogP) is 5.49. The van der Waals surface area contributed by atoms with Gasteiger partial charge in [-0.05, 0) is 59.4 Å². The molecule has 0 unspecified atom stereocenters. The van der Waals surface area contributed by atoms with Crippen LogP contribution in [0.3, 0.4) is 0 Å². The Hall–Kier alpha value is -3.96. The second-order valence-electron chi connectivity index (χ2n) is 7.27. The number of aryl methyl sites for hydroxylation is 2. The van der Waals surface area contributed by atoms with Crippen LogP contribution in [0.25, 0.3) is 10.8 Å². The summed E-state index contributed by atoms with van der Waals surface area (Å²) in [6, 6.07) is 16.9. The summed E-state index contributed by atoms with van der Waals surface area (Å²) in [5.74, 6) is -5.28. The van der Waals surface area contributed by atoms with Gasteiger partial charge < -0.3 is 15.8 Å². The van der Waals surface area contributed by atoms with Crippen molar-refractivity contribution in [2.45, 2.75) is 26.2 Å². The molecule has 0 spiro atoms. The number of nitrogens with one attached hydrogen (secondary N) is 1. The Kier molecular flexibility index (Phi) is 3.79. The van der Waals surface area contributed by atoms with Crippen LogP contribution < -0.4 is 11.1 Å². The van der Waals surface area contributed by atoms with Gasteiger partial charge >= 0.3 is 5.97 Å². The van der Waals surface area contributed by atoms with Crippen molar-refractivity contribution in [1.29, 1.82) is 0 Å². The lowest BCUT2D eigenvalue weighted by molar-refractivity contribution is -0.117. The first-order valence-electron chi connectivity index (χ1n) is 16.1. The Balaban J connectivity index is 1.62. The van der Waals surface area contributed by atoms with Gasteiger partial charge in [-0.3, -0.25) is 4.79 Å². The molecule has 172 valence electrons. The third-order valence-electron chi connectivity index (χ3n) is 4.97. The van der Waals surface area contributed by atoms with Gasteiger partial charge in [-0.1, -0.05) is 72.3 Å². The van der Waals surface area contributed by atoms with Crippen molar-refractivity contribution in [2.75, 3.05) is 11.8 Å². The van der Waals surface area contributed by atoms with Gasteiger partial charge in [0.05, 0.1) is 15.6 Å². The standard InChI is InChI=1S/C29H28N2O3/c1-19-7-14-26(20(2)15-19)29(33)34-18-21-8-10-23(11-9-21)27(17-30)28(32)31-25-13-12-22-5-3-4-6-24(22)16-25/h3-16,27H,17-18,30H2,1-2H3,(H,31,32)/t27-/m0/s1/i1D3,2D3,5D,17D2,18D2,27D. The van der Waals surface area contributed by atoms with E-state index >= 15 is 0 Å². The third kappa shape index (κ3) is 5.33. The number of rotatable bonds is 7. The number of nitrogens with two attached hydrogens (primary N) is 1. The van der Waals surface area contributed by atoms with Crippen LogP contribution in [-0.4, -0.2) is 18.4 Å². The van der Waals surface area contributed by atoms with Gasteiger partial charge in [0, 0.05) is 24.5 Å². The topological polar surface area (TPSA) is 81.4 Å². The highest BCUT2D eigenvalue weighted by molar-refractivity contribution is 5.98. The summed E-state index contributed by atoms with van der Waals surface area (Å²) < 4.78 is 101. The smallest absolute Gasteiger partial charge is 0.338 e. The van der Waals surface area contributed by atoms with Gasteiger partial charge in [-0.2, -0.15) is 0 Å². The maximum Gasteiger partial charge on any atom is 0.338 e. The molecule has 5 nitrogen and oxygen atoms in total. The van der Waals surface area contributed by atoms with Crippen LogP contribution in [0.5, 0.6) is 0 Å². The number of anilines is 1. The molecule has 3 N–H and O–H groups in total. The van der Waals surface area contributed by atoms with E-state index in [1.807, 2.05) is 0 Å². The van der Waals surface area contributed by atoms with Gasteiger partial charge in [-0.25, -0.2) is 4.79 Å². The number of carbonyl (C=O) groups excluding carboxylic acids is 2. The fourth-order valence-corrected chi connectivity index (χ4v) is 3.26. The first-order chi connectivity index (χ1) is 21.1. The zero-order valence-electron chi connectivity index (χ0n) is 29.8. The molecular formula is C29H28N2O3. The van der Waals surface area contributed by atoms with Gasteiger partial charge in [0.2, 0.25) is 5.91 Å². The fraction of sp³-hybridized carbons (Fsp3) is 0.172. The lowest BCUT2D eigenvalue weighted by Crippen LogP contribution is -2.27. The number of amides is 1. The first-order valence-corrected chi connectivity index (χ1v) is 10.1. The number of fused-ring (bicyclic) bond motifs is 1. The quantitative estimate of drug-likeness (QED) is 0.354. The molecule has 0 saturated carbocycles. The van der Waals surface area contributed by atoms with Crippen molar-refractivity contribution < 1.29 is 30.8 Å². The summed E-state index contributed by atoms with van der Waals surface area (Å²) in [6.45, 7) is -11.4. The lowest BCUT2D eigenvalue weighted by Gasteiger charge is -2.16. The normalized spacial score (nSPS) is 19.4. The van der Waals surface area contributed by atoms with Crippen LogP contribution in [0.2, 0.25) is 0 Å². The van der Waals surface area contributed by atoms with Crippen molar-refractivity contribution in [2.24, 2.45) is 5.73 Å². The summed E-state index contributed by atoms with van der Waals surface area (Å²) in [4.78, 5) is 26.4. The summed E-state index contributed by atoms with van der Waals surface area (Å²) >= 11 is 0. The van der Waals surface area contributed by atoms with Crippen LogP contribution in [0.4, 0.5) is 5.69 Å². The molecule has 0 aromatic heterocycles. The molecule has 0 bridgehead atoms. The minimum absolute atomic E-state index is 0.215. The molecule has 0 heterocycles. The van der Waals surface area contributed by atoms with Crippen LogP contribution in [0.1, 0.15) is 55.0 Å². The largest absolute Gasteiger partial charge is 0.457 e. The number of carbonyl (C=O) groups is 2. The number of ether oxygens (including phenoxy) is 1. The first kappa shape index (κ1) is 12.5. The van der Waals surface area contributed by atoms with Gasteiger partial charge in [0.25, 0.3) is 0 Å². The van der Waals surface area contributed by atoms with Gasteiger partial charge in [0.15, 0.2) is 0 Å². The fourth-order valence-electron chi connectivity index (χ4n) is 3.26. The lowest BCUT2D eigenvalue weighted by atomic mass is 9.97. The van der Waals surface area contributed by atoms with E-state index in [0.29, 0.717) is 10.8 Å². The Morgan fingerprint density at radius 3 is 2.68 bits per heavy atom. The average Bonchev–Trinajstić information content (AvgIpc) is 2.94. The number of hydrogen-bond acceptors (Lipinski definition) is 4. The second kappa shape index (κ2) is 10.3. The number of hydrogen-bond donors (Lipinski definition) is 2. The van der Waals surface area contributed by atoms with E-state index in [-0.39, 0.29) is 28.4 Å². The zero-order valence-corrected chi connectivity index (χ0v) is 17.8. The van der Waals surface area contributed by atoms with E-state index in [2.05, 4.69) is 5.32 Å². The van der Waals surface area contributed by atoms with Crippen LogP contribution in [0.15, 0.2) is 84.9 Å². The van der Waals surface area contributed by atoms with E-state index < -0.39 is 55.7 Å². The van der Waals surface area contributed by atoms with Crippen molar-refractivity contribution in [3.05, 3.63) is 113 Å². The molecule has 4 aromatic carbocycles. The second-order valence-corrected chi connectivity index (χ2v) is 7.27. The molecule has 0 aliphatic rings. The molecule has 1 amide bonds. The predicted molar refractivity (Wildman–Crippen MR) is 136 cm³/mol. The summed E-state index contributed by atoms with van der Waals surface area (Å²) in [7, 11) is 0. The Morgan fingerprint density at radius 1 is 1.06 bits per heavy atom. The Bertz CT molecular complexity index is 1800. The van der Waals surface area contributed by atoms with E-state index in [1.54, 1.807) is 30.3 Å². The Labute approximate surface area is 216 Å². The zero-order chi connectivity index (χ0) is 34.5. The number of benzene rings is 4. The summed E-state index contributed by atoms with van der Waals surface area (Å²) in [6.07, 6.45) is 0. The van der Waals surface area contributed by atoms with Gasteiger partial charge in [-0.15, -0.1) is 0 Å². The molecule has 1 atom stereocenters. The molecule has 0 aliphatic heterocycles. The minimum Gasteiger partial charge on any atom is -0.457 e. The maximum atomic E-state index is 13.4. The molecule has 4 aromatic rings. The molecule has 0 fully saturated rings. The van der Waals surface area contributed by atoms with E-state index in [4.69, 9.17) is 26.9 Å². The minimum atomic E-state index is -2.94. The summed E-state index contributed by atoms with van der Waals surface area (Å²) in [5, 5.41) is 3.72. The highest BCUT2D eigenvalue weighted by Gasteiger charge is 2.19. The van der Waals surface area contributed by atoms with Crippen molar-refractivity contribution >= 4 is 28.3 Å². The molecular weight excluding hydrogens is 424 g/mol.